The fraction of sp³-hybridized carbons (Fsp3) is 0.333. The molecule has 2 aromatic heterocycles. The molecule has 0 saturated carbocycles. The zero-order valence-electron chi connectivity index (χ0n) is 12.4. The average Bonchev–Trinajstić information content (AvgIpc) is 2.50. The first-order chi connectivity index (χ1) is 10.5. The third-order valence-corrected chi connectivity index (χ3v) is 3.49. The van der Waals surface area contributed by atoms with Crippen molar-refractivity contribution in [2.45, 2.75) is 20.4 Å². The Labute approximate surface area is 126 Å². The molecule has 0 fully saturated rings. The smallest absolute Gasteiger partial charge is 0.341 e. The van der Waals surface area contributed by atoms with E-state index in [9.17, 15) is 14.4 Å². The summed E-state index contributed by atoms with van der Waals surface area (Å²) in [4.78, 5) is 41.5. The van der Waals surface area contributed by atoms with Gasteiger partial charge >= 0.3 is 5.97 Å². The zero-order chi connectivity index (χ0) is 16.3. The van der Waals surface area contributed by atoms with Crippen LogP contribution < -0.4 is 5.56 Å². The predicted molar refractivity (Wildman–Crippen MR) is 80.9 cm³/mol. The largest absolute Gasteiger partial charge is 0.477 e. The molecule has 7 heteroatoms. The number of aromatic nitrogens is 2. The highest BCUT2D eigenvalue weighted by Crippen LogP contribution is 2.11. The Bertz CT molecular complexity index is 778. The molecule has 116 valence electrons. The Morgan fingerprint density at radius 1 is 1.32 bits per heavy atom. The molecule has 0 radical (unpaired) electrons. The van der Waals surface area contributed by atoms with Crippen molar-refractivity contribution in [1.29, 1.82) is 0 Å². The molecule has 7 nitrogen and oxygen atoms in total. The van der Waals surface area contributed by atoms with Gasteiger partial charge in [-0.25, -0.2) is 9.78 Å². The number of pyridine rings is 2. The molecule has 22 heavy (non-hydrogen) atoms. The molecule has 2 heterocycles. The van der Waals surface area contributed by atoms with Crippen molar-refractivity contribution in [1.82, 2.24) is 14.5 Å². The fourth-order valence-corrected chi connectivity index (χ4v) is 2.32. The summed E-state index contributed by atoms with van der Waals surface area (Å²) in [5.41, 5.74) is -0.787. The van der Waals surface area contributed by atoms with Crippen molar-refractivity contribution < 1.29 is 14.7 Å². The minimum Gasteiger partial charge on any atom is -0.477 e. The summed E-state index contributed by atoms with van der Waals surface area (Å²) in [5, 5.41) is 9.66. The van der Waals surface area contributed by atoms with Gasteiger partial charge in [-0.05, 0) is 32.0 Å². The Morgan fingerprint density at radius 2 is 2.00 bits per heavy atom. The summed E-state index contributed by atoms with van der Waals surface area (Å²) in [5.74, 6) is -1.57. The molecule has 0 bridgehead atoms. The molecular formula is C15H17N3O4. The SMILES string of the molecule is CCN(CC)C(=O)Cn1c(=O)c(C(=O)O)cc2cccnc21. The molecule has 1 N–H and O–H groups in total. The predicted octanol–water partition coefficient (Wildman–Crippen LogP) is 0.963. The number of hydrogen-bond donors (Lipinski definition) is 1. The molecule has 0 aliphatic carbocycles. The summed E-state index contributed by atoms with van der Waals surface area (Å²) in [7, 11) is 0. The van der Waals surface area contributed by atoms with E-state index in [0.29, 0.717) is 24.1 Å². The van der Waals surface area contributed by atoms with Gasteiger partial charge in [-0.2, -0.15) is 0 Å². The third kappa shape index (κ3) is 2.83. The fourth-order valence-electron chi connectivity index (χ4n) is 2.32. The minimum absolute atomic E-state index is 0.227. The van der Waals surface area contributed by atoms with Crippen LogP contribution in [0.2, 0.25) is 0 Å². The standard InChI is InChI=1S/C15H17N3O4/c1-3-17(4-2)12(19)9-18-13-10(6-5-7-16-13)8-11(14(18)20)15(21)22/h5-8H,3-4,9H2,1-2H3,(H,21,22). The number of carbonyl (C=O) groups is 2. The number of nitrogens with zero attached hydrogens (tertiary/aromatic N) is 3. The van der Waals surface area contributed by atoms with Crippen LogP contribution >= 0.6 is 0 Å². The maximum absolute atomic E-state index is 12.3. The van der Waals surface area contributed by atoms with E-state index in [-0.39, 0.29) is 18.0 Å². The van der Waals surface area contributed by atoms with E-state index in [2.05, 4.69) is 4.98 Å². The Kier molecular flexibility index (Phi) is 4.55. The van der Waals surface area contributed by atoms with Crippen LogP contribution in [0.1, 0.15) is 24.2 Å². The summed E-state index contributed by atoms with van der Waals surface area (Å²) in [6, 6.07) is 4.59. The number of fused-ring (bicyclic) bond motifs is 1. The number of rotatable bonds is 5. The number of hydrogen-bond acceptors (Lipinski definition) is 4. The van der Waals surface area contributed by atoms with Gasteiger partial charge < -0.3 is 10.0 Å². The maximum Gasteiger partial charge on any atom is 0.341 e. The number of carboxylic acid groups (broad SMARTS) is 1. The van der Waals surface area contributed by atoms with E-state index < -0.39 is 11.5 Å². The van der Waals surface area contributed by atoms with Crippen molar-refractivity contribution in [3.8, 4) is 0 Å². The summed E-state index contributed by atoms with van der Waals surface area (Å²) >= 11 is 0. The lowest BCUT2D eigenvalue weighted by atomic mass is 10.2. The summed E-state index contributed by atoms with van der Waals surface area (Å²) in [6.07, 6.45) is 1.50. The highest BCUT2D eigenvalue weighted by Gasteiger charge is 2.18. The number of aromatic carboxylic acids is 1. The van der Waals surface area contributed by atoms with Gasteiger partial charge in [-0.15, -0.1) is 0 Å². The van der Waals surface area contributed by atoms with Crippen molar-refractivity contribution in [3.63, 3.8) is 0 Å². The average molecular weight is 303 g/mol. The topological polar surface area (TPSA) is 92.5 Å². The number of carboxylic acids is 1. The lowest BCUT2D eigenvalue weighted by molar-refractivity contribution is -0.131. The number of carbonyl (C=O) groups excluding carboxylic acids is 1. The highest BCUT2D eigenvalue weighted by molar-refractivity contribution is 5.92. The monoisotopic (exact) mass is 303 g/mol. The molecule has 0 aliphatic rings. The van der Waals surface area contributed by atoms with Crippen molar-refractivity contribution in [2.75, 3.05) is 13.1 Å². The quantitative estimate of drug-likeness (QED) is 0.888. The van der Waals surface area contributed by atoms with E-state index >= 15 is 0 Å². The van der Waals surface area contributed by atoms with Gasteiger partial charge in [0.2, 0.25) is 5.91 Å². The van der Waals surface area contributed by atoms with Gasteiger partial charge in [0.25, 0.3) is 5.56 Å². The molecular weight excluding hydrogens is 286 g/mol. The summed E-state index contributed by atoms with van der Waals surface area (Å²) in [6.45, 7) is 4.50. The van der Waals surface area contributed by atoms with Gasteiger partial charge in [-0.1, -0.05) is 0 Å². The van der Waals surface area contributed by atoms with Gasteiger partial charge in [0.05, 0.1) is 0 Å². The van der Waals surface area contributed by atoms with Crippen LogP contribution in [0.5, 0.6) is 0 Å². The Morgan fingerprint density at radius 3 is 2.59 bits per heavy atom. The third-order valence-electron chi connectivity index (χ3n) is 3.49. The Balaban J connectivity index is 2.61. The molecule has 2 aromatic rings. The van der Waals surface area contributed by atoms with Crippen LogP contribution in [0.3, 0.4) is 0 Å². The second-order valence-corrected chi connectivity index (χ2v) is 4.74. The molecule has 1 amide bonds. The highest BCUT2D eigenvalue weighted by atomic mass is 16.4. The first-order valence-electron chi connectivity index (χ1n) is 6.99. The van der Waals surface area contributed by atoms with E-state index in [1.54, 1.807) is 17.0 Å². The Hall–Kier alpha value is -2.70. The van der Waals surface area contributed by atoms with Gasteiger partial charge in [0, 0.05) is 24.7 Å². The number of likely N-dealkylation sites (N-methyl/N-ethyl adjacent to an activating group) is 1. The van der Waals surface area contributed by atoms with Crippen LogP contribution in [-0.4, -0.2) is 44.5 Å². The van der Waals surface area contributed by atoms with Gasteiger partial charge in [-0.3, -0.25) is 14.2 Å². The molecule has 0 unspecified atom stereocenters. The second-order valence-electron chi connectivity index (χ2n) is 4.74. The van der Waals surface area contributed by atoms with E-state index in [1.165, 1.54) is 12.3 Å². The lowest BCUT2D eigenvalue weighted by Crippen LogP contribution is -2.37. The number of amides is 1. The van der Waals surface area contributed by atoms with E-state index in [0.717, 1.165) is 4.57 Å². The van der Waals surface area contributed by atoms with Crippen LogP contribution in [-0.2, 0) is 11.3 Å². The van der Waals surface area contributed by atoms with E-state index in [1.807, 2.05) is 13.8 Å². The molecule has 0 atom stereocenters. The maximum atomic E-state index is 12.3. The normalized spacial score (nSPS) is 10.6. The molecule has 0 spiro atoms. The van der Waals surface area contributed by atoms with Crippen molar-refractivity contribution >= 4 is 22.9 Å². The van der Waals surface area contributed by atoms with Crippen molar-refractivity contribution in [2.24, 2.45) is 0 Å². The first-order valence-corrected chi connectivity index (χ1v) is 6.99. The first kappa shape index (κ1) is 15.7. The molecule has 0 aliphatic heterocycles. The lowest BCUT2D eigenvalue weighted by Gasteiger charge is -2.19. The zero-order valence-corrected chi connectivity index (χ0v) is 12.4. The van der Waals surface area contributed by atoms with Crippen molar-refractivity contribution in [3.05, 3.63) is 40.3 Å². The second kappa shape index (κ2) is 6.38. The van der Waals surface area contributed by atoms with Crippen LogP contribution in [0.15, 0.2) is 29.2 Å². The van der Waals surface area contributed by atoms with Crippen LogP contribution in [0, 0.1) is 0 Å². The van der Waals surface area contributed by atoms with Gasteiger partial charge in [0.1, 0.15) is 17.8 Å². The van der Waals surface area contributed by atoms with Gasteiger partial charge in [0.15, 0.2) is 0 Å². The minimum atomic E-state index is -1.32. The molecule has 0 saturated heterocycles. The van der Waals surface area contributed by atoms with Crippen LogP contribution in [0.25, 0.3) is 11.0 Å². The van der Waals surface area contributed by atoms with E-state index in [4.69, 9.17) is 5.11 Å². The van der Waals surface area contributed by atoms with Crippen LogP contribution in [0.4, 0.5) is 0 Å². The molecule has 0 aromatic carbocycles. The summed E-state index contributed by atoms with van der Waals surface area (Å²) < 4.78 is 1.12. The molecule has 2 rings (SSSR count).